The largest absolute Gasteiger partial charge is 0.444 e. The van der Waals surface area contributed by atoms with Crippen molar-refractivity contribution in [3.05, 3.63) is 0 Å². The van der Waals surface area contributed by atoms with E-state index in [1.54, 1.807) is 4.90 Å². The standard InChI is InChI=1S/C15H25NO4/c1-5-6-7-12(17)11-10-16(9-8-13(11)18)14(19)20-15(2,3)4/h1,11-13,17-18H,6-10H2,2-4H3. The van der Waals surface area contributed by atoms with E-state index in [9.17, 15) is 15.0 Å². The Morgan fingerprint density at radius 2 is 2.20 bits per heavy atom. The highest BCUT2D eigenvalue weighted by molar-refractivity contribution is 5.68. The lowest BCUT2D eigenvalue weighted by molar-refractivity contribution is -0.0475. The minimum Gasteiger partial charge on any atom is -0.444 e. The molecule has 0 bridgehead atoms. The van der Waals surface area contributed by atoms with Crippen LogP contribution in [0.5, 0.6) is 0 Å². The molecular weight excluding hydrogens is 258 g/mol. The molecule has 1 heterocycles. The average Bonchev–Trinajstić information content (AvgIpc) is 2.34. The van der Waals surface area contributed by atoms with E-state index in [1.807, 2.05) is 20.8 Å². The Morgan fingerprint density at radius 3 is 2.75 bits per heavy atom. The Morgan fingerprint density at radius 1 is 1.55 bits per heavy atom. The number of ether oxygens (including phenoxy) is 1. The number of hydrogen-bond acceptors (Lipinski definition) is 4. The molecule has 0 aromatic rings. The van der Waals surface area contributed by atoms with Crippen molar-refractivity contribution in [2.75, 3.05) is 13.1 Å². The zero-order valence-electron chi connectivity index (χ0n) is 12.5. The summed E-state index contributed by atoms with van der Waals surface area (Å²) in [7, 11) is 0. The molecule has 2 N–H and O–H groups in total. The monoisotopic (exact) mass is 283 g/mol. The molecule has 5 heteroatoms. The predicted molar refractivity (Wildman–Crippen MR) is 76.0 cm³/mol. The van der Waals surface area contributed by atoms with E-state index >= 15 is 0 Å². The van der Waals surface area contributed by atoms with Crippen LogP contribution in [0.25, 0.3) is 0 Å². The summed E-state index contributed by atoms with van der Waals surface area (Å²) in [4.78, 5) is 13.6. The van der Waals surface area contributed by atoms with Gasteiger partial charge in [0.25, 0.3) is 0 Å². The van der Waals surface area contributed by atoms with Crippen LogP contribution in [0, 0.1) is 18.3 Å². The van der Waals surface area contributed by atoms with Gasteiger partial charge in [-0.15, -0.1) is 12.3 Å². The van der Waals surface area contributed by atoms with E-state index in [0.717, 1.165) is 0 Å². The number of aliphatic hydroxyl groups excluding tert-OH is 2. The van der Waals surface area contributed by atoms with Crippen LogP contribution in [-0.2, 0) is 4.74 Å². The Kier molecular flexibility index (Phi) is 5.85. The number of nitrogens with zero attached hydrogens (tertiary/aromatic N) is 1. The fourth-order valence-electron chi connectivity index (χ4n) is 2.29. The first-order valence-electron chi connectivity index (χ1n) is 7.02. The molecule has 0 aromatic heterocycles. The molecule has 114 valence electrons. The molecule has 0 spiro atoms. The van der Waals surface area contributed by atoms with Crippen molar-refractivity contribution in [3.8, 4) is 12.3 Å². The van der Waals surface area contributed by atoms with Gasteiger partial charge in [0.2, 0.25) is 0 Å². The second-order valence-electron chi connectivity index (χ2n) is 6.26. The number of terminal acetylenes is 1. The highest BCUT2D eigenvalue weighted by Crippen LogP contribution is 2.24. The maximum absolute atomic E-state index is 12.0. The maximum atomic E-state index is 12.0. The lowest BCUT2D eigenvalue weighted by Gasteiger charge is -2.38. The number of hydrogen-bond donors (Lipinski definition) is 2. The molecule has 0 saturated carbocycles. The number of rotatable bonds is 3. The van der Waals surface area contributed by atoms with Crippen molar-refractivity contribution in [1.29, 1.82) is 0 Å². The fourth-order valence-corrected chi connectivity index (χ4v) is 2.29. The zero-order valence-corrected chi connectivity index (χ0v) is 12.5. The van der Waals surface area contributed by atoms with Gasteiger partial charge >= 0.3 is 6.09 Å². The first kappa shape index (κ1) is 16.8. The molecule has 0 radical (unpaired) electrons. The molecule has 1 aliphatic rings. The third kappa shape index (κ3) is 5.03. The van der Waals surface area contributed by atoms with Gasteiger partial charge < -0.3 is 19.8 Å². The second-order valence-corrected chi connectivity index (χ2v) is 6.26. The zero-order chi connectivity index (χ0) is 15.3. The molecule has 1 saturated heterocycles. The van der Waals surface area contributed by atoms with Gasteiger partial charge in [0.15, 0.2) is 0 Å². The van der Waals surface area contributed by atoms with E-state index in [0.29, 0.717) is 32.4 Å². The molecular formula is C15H25NO4. The lowest BCUT2D eigenvalue weighted by Crippen LogP contribution is -2.51. The number of carbonyl (C=O) groups is 1. The number of aliphatic hydroxyl groups is 2. The normalized spacial score (nSPS) is 24.9. The maximum Gasteiger partial charge on any atom is 0.410 e. The van der Waals surface area contributed by atoms with Crippen LogP contribution in [0.1, 0.15) is 40.0 Å². The first-order chi connectivity index (χ1) is 9.24. The van der Waals surface area contributed by atoms with Crippen molar-refractivity contribution in [3.63, 3.8) is 0 Å². The second kappa shape index (κ2) is 6.96. The van der Waals surface area contributed by atoms with Gasteiger partial charge in [-0.3, -0.25) is 0 Å². The van der Waals surface area contributed by atoms with Crippen molar-refractivity contribution >= 4 is 6.09 Å². The van der Waals surface area contributed by atoms with Crippen molar-refractivity contribution in [2.45, 2.75) is 57.8 Å². The van der Waals surface area contributed by atoms with Crippen LogP contribution in [-0.4, -0.2) is 52.1 Å². The number of piperidine rings is 1. The average molecular weight is 283 g/mol. The van der Waals surface area contributed by atoms with Crippen molar-refractivity contribution in [2.24, 2.45) is 5.92 Å². The molecule has 0 aliphatic carbocycles. The molecule has 3 atom stereocenters. The van der Waals surface area contributed by atoms with Gasteiger partial charge in [-0.2, -0.15) is 0 Å². The molecule has 5 nitrogen and oxygen atoms in total. The highest BCUT2D eigenvalue weighted by atomic mass is 16.6. The third-order valence-corrected chi connectivity index (χ3v) is 3.35. The smallest absolute Gasteiger partial charge is 0.410 e. The topological polar surface area (TPSA) is 70.0 Å². The SMILES string of the molecule is C#CCCC(O)C1CN(C(=O)OC(C)(C)C)CCC1O. The summed E-state index contributed by atoms with van der Waals surface area (Å²) >= 11 is 0. The lowest BCUT2D eigenvalue weighted by atomic mass is 9.88. The summed E-state index contributed by atoms with van der Waals surface area (Å²) in [5.41, 5.74) is -0.551. The van der Waals surface area contributed by atoms with E-state index in [4.69, 9.17) is 11.2 Å². The summed E-state index contributed by atoms with van der Waals surface area (Å²) in [5.74, 6) is 2.10. The minimum atomic E-state index is -0.703. The summed E-state index contributed by atoms with van der Waals surface area (Å²) in [5, 5.41) is 20.1. The van der Waals surface area contributed by atoms with Gasteiger partial charge in [-0.05, 0) is 33.6 Å². The molecule has 1 rings (SSSR count). The van der Waals surface area contributed by atoms with E-state index in [2.05, 4.69) is 5.92 Å². The Bertz CT molecular complexity index is 369. The first-order valence-corrected chi connectivity index (χ1v) is 7.02. The van der Waals surface area contributed by atoms with Crippen LogP contribution in [0.15, 0.2) is 0 Å². The van der Waals surface area contributed by atoms with E-state index in [1.165, 1.54) is 0 Å². The number of amides is 1. The van der Waals surface area contributed by atoms with Gasteiger partial charge in [0.1, 0.15) is 5.60 Å². The molecule has 1 fully saturated rings. The summed E-state index contributed by atoms with van der Waals surface area (Å²) in [6.45, 7) is 6.16. The Labute approximate surface area is 120 Å². The number of likely N-dealkylation sites (tertiary alicyclic amines) is 1. The molecule has 20 heavy (non-hydrogen) atoms. The molecule has 1 amide bonds. The summed E-state index contributed by atoms with van der Waals surface area (Å²) in [6.07, 6.45) is 4.79. The highest BCUT2D eigenvalue weighted by Gasteiger charge is 2.36. The number of carbonyl (C=O) groups excluding carboxylic acids is 1. The van der Waals surface area contributed by atoms with Gasteiger partial charge in [0, 0.05) is 25.4 Å². The molecule has 0 aromatic carbocycles. The molecule has 3 unspecified atom stereocenters. The van der Waals surface area contributed by atoms with Crippen LogP contribution in [0.2, 0.25) is 0 Å². The molecule has 1 aliphatic heterocycles. The van der Waals surface area contributed by atoms with Crippen molar-refractivity contribution < 1.29 is 19.7 Å². The van der Waals surface area contributed by atoms with Crippen molar-refractivity contribution in [1.82, 2.24) is 4.90 Å². The summed E-state index contributed by atoms with van der Waals surface area (Å²) < 4.78 is 5.31. The predicted octanol–water partition coefficient (Wildman–Crippen LogP) is 1.38. The minimum absolute atomic E-state index is 0.293. The van der Waals surface area contributed by atoms with Crippen LogP contribution in [0.3, 0.4) is 0 Å². The van der Waals surface area contributed by atoms with E-state index < -0.39 is 23.9 Å². The third-order valence-electron chi connectivity index (χ3n) is 3.35. The van der Waals surface area contributed by atoms with Gasteiger partial charge in [-0.25, -0.2) is 4.79 Å². The van der Waals surface area contributed by atoms with Crippen LogP contribution < -0.4 is 0 Å². The van der Waals surface area contributed by atoms with Crippen LogP contribution >= 0.6 is 0 Å². The fraction of sp³-hybridized carbons (Fsp3) is 0.800. The van der Waals surface area contributed by atoms with Gasteiger partial charge in [0.05, 0.1) is 12.2 Å². The summed E-state index contributed by atoms with van der Waals surface area (Å²) in [6, 6.07) is 0. The Balaban J connectivity index is 2.61. The quantitative estimate of drug-likeness (QED) is 0.768. The van der Waals surface area contributed by atoms with Crippen LogP contribution in [0.4, 0.5) is 4.79 Å². The van der Waals surface area contributed by atoms with E-state index in [-0.39, 0.29) is 5.92 Å². The Hall–Kier alpha value is -1.25. The van der Waals surface area contributed by atoms with Gasteiger partial charge in [-0.1, -0.05) is 0 Å².